The molecular formula is C18H25F3N2O3. The number of rotatable bonds is 8. The van der Waals surface area contributed by atoms with E-state index >= 15 is 0 Å². The summed E-state index contributed by atoms with van der Waals surface area (Å²) < 4.78 is 46.1. The number of hydrogen-bond acceptors (Lipinski definition) is 4. The van der Waals surface area contributed by atoms with Crippen molar-refractivity contribution in [1.29, 1.82) is 0 Å². The zero-order valence-electron chi connectivity index (χ0n) is 14.8. The first kappa shape index (κ1) is 20.7. The van der Waals surface area contributed by atoms with Gasteiger partial charge in [-0.15, -0.1) is 0 Å². The van der Waals surface area contributed by atoms with Gasteiger partial charge in [-0.2, -0.15) is 13.2 Å². The molecule has 0 spiro atoms. The van der Waals surface area contributed by atoms with Crippen LogP contribution in [-0.2, 0) is 27.4 Å². The Balaban J connectivity index is 1.83. The van der Waals surface area contributed by atoms with Gasteiger partial charge >= 0.3 is 6.18 Å². The normalized spacial score (nSPS) is 17.1. The van der Waals surface area contributed by atoms with Gasteiger partial charge in [0, 0.05) is 13.7 Å². The summed E-state index contributed by atoms with van der Waals surface area (Å²) in [6, 6.07) is 6.95. The Morgan fingerprint density at radius 1 is 1.19 bits per heavy atom. The average molecular weight is 374 g/mol. The van der Waals surface area contributed by atoms with Crippen molar-refractivity contribution in [2.45, 2.75) is 32.2 Å². The minimum absolute atomic E-state index is 0.0292. The van der Waals surface area contributed by atoms with E-state index in [9.17, 15) is 18.0 Å². The van der Waals surface area contributed by atoms with Gasteiger partial charge in [-0.3, -0.25) is 4.79 Å². The predicted octanol–water partition coefficient (Wildman–Crippen LogP) is 2.40. The Hall–Kier alpha value is -1.64. The summed E-state index contributed by atoms with van der Waals surface area (Å²) in [4.78, 5) is 12.6. The van der Waals surface area contributed by atoms with Gasteiger partial charge in [0.05, 0.1) is 18.6 Å². The van der Waals surface area contributed by atoms with Crippen molar-refractivity contribution in [2.24, 2.45) is 5.41 Å². The molecule has 1 aliphatic heterocycles. The number of alkyl halides is 3. The molecular weight excluding hydrogens is 349 g/mol. The smallest absolute Gasteiger partial charge is 0.384 e. The monoisotopic (exact) mass is 374 g/mol. The van der Waals surface area contributed by atoms with Crippen molar-refractivity contribution in [3.8, 4) is 0 Å². The molecule has 1 aromatic rings. The highest BCUT2D eigenvalue weighted by Gasteiger charge is 2.39. The zero-order valence-corrected chi connectivity index (χ0v) is 14.8. The number of amides is 1. The second kappa shape index (κ2) is 9.34. The molecule has 0 atom stereocenters. The first-order chi connectivity index (χ1) is 12.3. The minimum atomic E-state index is -4.32. The standard InChI is InChI=1S/C18H25F3N2O3/c1-25-12-17(6-8-22-9-7-17)16(24)23-10-14-2-4-15(5-3-14)11-26-13-18(19,20)21/h2-5,22H,6-13H2,1H3,(H,23,24). The van der Waals surface area contributed by atoms with Crippen LogP contribution in [0.1, 0.15) is 24.0 Å². The van der Waals surface area contributed by atoms with Crippen LogP contribution in [0.25, 0.3) is 0 Å². The van der Waals surface area contributed by atoms with Crippen molar-refractivity contribution in [3.63, 3.8) is 0 Å². The lowest BCUT2D eigenvalue weighted by atomic mass is 9.78. The molecule has 5 nitrogen and oxygen atoms in total. The van der Waals surface area contributed by atoms with E-state index in [2.05, 4.69) is 15.4 Å². The van der Waals surface area contributed by atoms with E-state index in [1.807, 2.05) is 0 Å². The Kier molecular flexibility index (Phi) is 7.43. The number of hydrogen-bond donors (Lipinski definition) is 2. The zero-order chi connectivity index (χ0) is 19.0. The quantitative estimate of drug-likeness (QED) is 0.734. The van der Waals surface area contributed by atoms with Crippen LogP contribution in [0, 0.1) is 5.41 Å². The van der Waals surface area contributed by atoms with E-state index in [1.54, 1.807) is 31.4 Å². The molecule has 2 N–H and O–H groups in total. The van der Waals surface area contributed by atoms with E-state index in [1.165, 1.54) is 0 Å². The number of carbonyl (C=O) groups excluding carboxylic acids is 1. The molecule has 0 unspecified atom stereocenters. The molecule has 26 heavy (non-hydrogen) atoms. The van der Waals surface area contributed by atoms with Crippen LogP contribution in [0.3, 0.4) is 0 Å². The number of carbonyl (C=O) groups is 1. The lowest BCUT2D eigenvalue weighted by Gasteiger charge is -2.35. The molecule has 0 aromatic heterocycles. The SMILES string of the molecule is COCC1(C(=O)NCc2ccc(COCC(F)(F)F)cc2)CCNCC1. The molecule has 1 amide bonds. The average Bonchev–Trinajstić information content (AvgIpc) is 2.61. The predicted molar refractivity (Wildman–Crippen MR) is 90.4 cm³/mol. The molecule has 1 heterocycles. The molecule has 1 saturated heterocycles. The largest absolute Gasteiger partial charge is 0.411 e. The summed E-state index contributed by atoms with van der Waals surface area (Å²) in [5, 5.41) is 6.19. The molecule has 1 aliphatic rings. The van der Waals surface area contributed by atoms with Crippen LogP contribution < -0.4 is 10.6 Å². The highest BCUT2D eigenvalue weighted by Crippen LogP contribution is 2.29. The first-order valence-electron chi connectivity index (χ1n) is 8.55. The molecule has 8 heteroatoms. The molecule has 0 aliphatic carbocycles. The molecule has 1 aromatic carbocycles. The van der Waals surface area contributed by atoms with E-state index in [0.717, 1.165) is 31.5 Å². The summed E-state index contributed by atoms with van der Waals surface area (Å²) in [6.07, 6.45) is -2.87. The van der Waals surface area contributed by atoms with Gasteiger partial charge < -0.3 is 20.1 Å². The second-order valence-corrected chi connectivity index (χ2v) is 6.57. The molecule has 2 rings (SSSR count). The van der Waals surface area contributed by atoms with E-state index in [4.69, 9.17) is 4.74 Å². The maximum absolute atomic E-state index is 12.6. The number of ether oxygens (including phenoxy) is 2. The third-order valence-electron chi connectivity index (χ3n) is 4.47. The number of nitrogens with one attached hydrogen (secondary N) is 2. The van der Waals surface area contributed by atoms with E-state index < -0.39 is 18.2 Å². The second-order valence-electron chi connectivity index (χ2n) is 6.57. The lowest BCUT2D eigenvalue weighted by molar-refractivity contribution is -0.176. The van der Waals surface area contributed by atoms with Crippen LogP contribution in [0.5, 0.6) is 0 Å². The number of benzene rings is 1. The van der Waals surface area contributed by atoms with Gasteiger partial charge in [-0.05, 0) is 37.1 Å². The van der Waals surface area contributed by atoms with Gasteiger partial charge in [-0.25, -0.2) is 0 Å². The van der Waals surface area contributed by atoms with Crippen LogP contribution in [0.15, 0.2) is 24.3 Å². The minimum Gasteiger partial charge on any atom is -0.384 e. The topological polar surface area (TPSA) is 59.6 Å². The maximum atomic E-state index is 12.6. The molecule has 0 bridgehead atoms. The fraction of sp³-hybridized carbons (Fsp3) is 0.611. The fourth-order valence-corrected chi connectivity index (χ4v) is 3.03. The molecule has 1 fully saturated rings. The van der Waals surface area contributed by atoms with Gasteiger partial charge in [0.2, 0.25) is 5.91 Å². The Morgan fingerprint density at radius 2 is 1.81 bits per heavy atom. The Labute approximate surface area is 151 Å². The summed E-state index contributed by atoms with van der Waals surface area (Å²) in [5.74, 6) is -0.0292. The fourth-order valence-electron chi connectivity index (χ4n) is 3.03. The van der Waals surface area contributed by atoms with Crippen molar-refractivity contribution in [1.82, 2.24) is 10.6 Å². The van der Waals surface area contributed by atoms with Crippen molar-refractivity contribution >= 4 is 5.91 Å². The van der Waals surface area contributed by atoms with Crippen LogP contribution in [0.4, 0.5) is 13.2 Å². The number of methoxy groups -OCH3 is 1. The van der Waals surface area contributed by atoms with Crippen molar-refractivity contribution in [2.75, 3.05) is 33.4 Å². The maximum Gasteiger partial charge on any atom is 0.411 e. The third-order valence-corrected chi connectivity index (χ3v) is 4.47. The summed E-state index contributed by atoms with van der Waals surface area (Å²) in [6.45, 7) is 0.946. The summed E-state index contributed by atoms with van der Waals surface area (Å²) in [7, 11) is 1.59. The van der Waals surface area contributed by atoms with Crippen LogP contribution in [0.2, 0.25) is 0 Å². The Bertz CT molecular complexity index is 565. The summed E-state index contributed by atoms with van der Waals surface area (Å²) >= 11 is 0. The third kappa shape index (κ3) is 6.26. The van der Waals surface area contributed by atoms with Gasteiger partial charge in [0.1, 0.15) is 6.61 Å². The van der Waals surface area contributed by atoms with Crippen molar-refractivity contribution < 1.29 is 27.4 Å². The van der Waals surface area contributed by atoms with Crippen molar-refractivity contribution in [3.05, 3.63) is 35.4 Å². The molecule has 0 saturated carbocycles. The lowest BCUT2D eigenvalue weighted by Crippen LogP contribution is -2.49. The highest BCUT2D eigenvalue weighted by molar-refractivity contribution is 5.83. The van der Waals surface area contributed by atoms with Crippen LogP contribution >= 0.6 is 0 Å². The number of halogens is 3. The van der Waals surface area contributed by atoms with Gasteiger partial charge in [0.15, 0.2) is 0 Å². The Morgan fingerprint density at radius 3 is 2.38 bits per heavy atom. The van der Waals surface area contributed by atoms with Gasteiger partial charge in [0.25, 0.3) is 0 Å². The van der Waals surface area contributed by atoms with E-state index in [-0.39, 0.29) is 12.5 Å². The highest BCUT2D eigenvalue weighted by atomic mass is 19.4. The summed E-state index contributed by atoms with van der Waals surface area (Å²) in [5.41, 5.74) is 1.02. The number of piperidine rings is 1. The van der Waals surface area contributed by atoms with E-state index in [0.29, 0.717) is 18.7 Å². The molecule has 146 valence electrons. The van der Waals surface area contributed by atoms with Crippen LogP contribution in [-0.4, -0.2) is 45.5 Å². The molecule has 0 radical (unpaired) electrons. The first-order valence-corrected chi connectivity index (χ1v) is 8.55. The van der Waals surface area contributed by atoms with Gasteiger partial charge in [-0.1, -0.05) is 24.3 Å².